The van der Waals surface area contributed by atoms with Gasteiger partial charge in [0.15, 0.2) is 5.65 Å². The van der Waals surface area contributed by atoms with Gasteiger partial charge in [-0.15, -0.1) is 0 Å². The topological polar surface area (TPSA) is 83.5 Å². The van der Waals surface area contributed by atoms with Gasteiger partial charge in [-0.25, -0.2) is 14.3 Å². The lowest BCUT2D eigenvalue weighted by Crippen LogP contribution is -2.34. The van der Waals surface area contributed by atoms with Gasteiger partial charge in [0.2, 0.25) is 0 Å². The highest BCUT2D eigenvalue weighted by Crippen LogP contribution is 2.25. The maximum Gasteiger partial charge on any atom is 0.334 e. The summed E-state index contributed by atoms with van der Waals surface area (Å²) in [7, 11) is 0. The Morgan fingerprint density at radius 2 is 1.87 bits per heavy atom. The van der Waals surface area contributed by atoms with Crippen LogP contribution in [0, 0.1) is 13.8 Å². The SMILES string of the molecule is Cc1ccc2ccc(C)c(-n3c(=O)[nH]c4nc[nH]c4c3=O)c2c1. The molecule has 0 saturated heterocycles. The van der Waals surface area contributed by atoms with Gasteiger partial charge in [-0.1, -0.05) is 29.8 Å². The average Bonchev–Trinajstić information content (AvgIpc) is 2.98. The molecule has 0 atom stereocenters. The normalized spacial score (nSPS) is 11.4. The smallest absolute Gasteiger partial charge is 0.334 e. The van der Waals surface area contributed by atoms with Crippen molar-refractivity contribution in [1.29, 1.82) is 0 Å². The van der Waals surface area contributed by atoms with Gasteiger partial charge in [-0.05, 0) is 30.9 Å². The molecule has 2 aromatic heterocycles. The Morgan fingerprint density at radius 3 is 2.70 bits per heavy atom. The monoisotopic (exact) mass is 306 g/mol. The Hall–Kier alpha value is -3.15. The molecule has 0 aliphatic rings. The number of aromatic amines is 2. The third kappa shape index (κ3) is 1.92. The minimum absolute atomic E-state index is 0.269. The van der Waals surface area contributed by atoms with E-state index >= 15 is 0 Å². The van der Waals surface area contributed by atoms with Crippen LogP contribution in [0.3, 0.4) is 0 Å². The third-order valence-corrected chi connectivity index (χ3v) is 4.06. The zero-order chi connectivity index (χ0) is 16.1. The van der Waals surface area contributed by atoms with Crippen molar-refractivity contribution in [1.82, 2.24) is 19.5 Å². The number of nitrogens with zero attached hydrogens (tertiary/aromatic N) is 2. The molecular weight excluding hydrogens is 292 g/mol. The second-order valence-corrected chi connectivity index (χ2v) is 5.65. The van der Waals surface area contributed by atoms with Crippen LogP contribution in [-0.2, 0) is 0 Å². The molecule has 2 N–H and O–H groups in total. The average molecular weight is 306 g/mol. The first-order valence-corrected chi connectivity index (χ1v) is 7.25. The molecule has 0 fully saturated rings. The van der Waals surface area contributed by atoms with Crippen LogP contribution in [0.4, 0.5) is 0 Å². The summed E-state index contributed by atoms with van der Waals surface area (Å²) in [5.74, 6) is 0. The Balaban J connectivity index is 2.23. The number of aromatic nitrogens is 4. The highest BCUT2D eigenvalue weighted by Gasteiger charge is 2.15. The number of hydrogen-bond acceptors (Lipinski definition) is 3. The largest absolute Gasteiger partial charge is 0.339 e. The summed E-state index contributed by atoms with van der Waals surface area (Å²) in [5.41, 5.74) is 2.18. The summed E-state index contributed by atoms with van der Waals surface area (Å²) in [4.78, 5) is 34.6. The van der Waals surface area contributed by atoms with E-state index in [1.54, 1.807) is 0 Å². The van der Waals surface area contributed by atoms with Crippen molar-refractivity contribution in [2.45, 2.75) is 13.8 Å². The molecule has 0 spiro atoms. The molecule has 0 unspecified atom stereocenters. The highest BCUT2D eigenvalue weighted by molar-refractivity contribution is 5.92. The van der Waals surface area contributed by atoms with Crippen molar-refractivity contribution in [3.63, 3.8) is 0 Å². The fourth-order valence-electron chi connectivity index (χ4n) is 2.94. The number of hydrogen-bond donors (Lipinski definition) is 2. The number of benzene rings is 2. The molecule has 23 heavy (non-hydrogen) atoms. The predicted octanol–water partition coefficient (Wildman–Crippen LogP) is 2.17. The van der Waals surface area contributed by atoms with Crippen LogP contribution in [0.2, 0.25) is 0 Å². The lowest BCUT2D eigenvalue weighted by molar-refractivity contribution is 0.895. The van der Waals surface area contributed by atoms with Gasteiger partial charge in [0.05, 0.1) is 12.0 Å². The summed E-state index contributed by atoms with van der Waals surface area (Å²) in [6.45, 7) is 3.87. The number of rotatable bonds is 1. The maximum absolute atomic E-state index is 12.8. The lowest BCUT2D eigenvalue weighted by Gasteiger charge is -2.12. The van der Waals surface area contributed by atoms with Crippen LogP contribution in [-0.4, -0.2) is 19.5 Å². The van der Waals surface area contributed by atoms with E-state index in [9.17, 15) is 9.59 Å². The minimum atomic E-state index is -0.494. The third-order valence-electron chi connectivity index (χ3n) is 4.06. The standard InChI is InChI=1S/C17H14N4O2/c1-9-3-5-11-6-4-10(2)14(12(11)7-9)21-16(22)13-15(19-8-18-13)20-17(21)23/h3-8H,1-2H3,(H,18,19)(H,20,23). The van der Waals surface area contributed by atoms with Crippen molar-refractivity contribution in [2.75, 3.05) is 0 Å². The quantitative estimate of drug-likeness (QED) is 0.565. The molecule has 0 saturated carbocycles. The molecule has 2 heterocycles. The molecule has 0 bridgehead atoms. The molecule has 114 valence electrons. The van der Waals surface area contributed by atoms with Crippen LogP contribution >= 0.6 is 0 Å². The van der Waals surface area contributed by atoms with E-state index in [-0.39, 0.29) is 11.2 Å². The Labute approximate surface area is 130 Å². The van der Waals surface area contributed by atoms with Crippen LogP contribution in [0.15, 0.2) is 46.2 Å². The molecule has 2 aromatic carbocycles. The van der Waals surface area contributed by atoms with Crippen molar-refractivity contribution >= 4 is 21.9 Å². The van der Waals surface area contributed by atoms with Crippen molar-refractivity contribution in [3.8, 4) is 5.69 Å². The van der Waals surface area contributed by atoms with Gasteiger partial charge in [-0.2, -0.15) is 0 Å². The van der Waals surface area contributed by atoms with Crippen molar-refractivity contribution in [3.05, 3.63) is 68.6 Å². The van der Waals surface area contributed by atoms with Gasteiger partial charge in [0.1, 0.15) is 5.52 Å². The number of fused-ring (bicyclic) bond motifs is 2. The Morgan fingerprint density at radius 1 is 1.09 bits per heavy atom. The summed E-state index contributed by atoms with van der Waals surface area (Å²) in [6.07, 6.45) is 1.40. The van der Waals surface area contributed by atoms with E-state index in [0.717, 1.165) is 21.9 Å². The number of H-pyrrole nitrogens is 2. The summed E-state index contributed by atoms with van der Waals surface area (Å²) < 4.78 is 1.18. The second kappa shape index (κ2) is 4.67. The summed E-state index contributed by atoms with van der Waals surface area (Å²) in [5, 5.41) is 1.85. The molecule has 0 radical (unpaired) electrons. The van der Waals surface area contributed by atoms with Crippen LogP contribution in [0.1, 0.15) is 11.1 Å². The minimum Gasteiger partial charge on any atom is -0.339 e. The lowest BCUT2D eigenvalue weighted by atomic mass is 10.0. The molecule has 4 aromatic rings. The number of nitrogens with one attached hydrogen (secondary N) is 2. The summed E-state index contributed by atoms with van der Waals surface area (Å²) in [6, 6.07) is 9.88. The maximum atomic E-state index is 12.8. The molecule has 4 rings (SSSR count). The fourth-order valence-corrected chi connectivity index (χ4v) is 2.94. The molecule has 0 aliphatic heterocycles. The Kier molecular flexibility index (Phi) is 2.74. The fraction of sp³-hybridized carbons (Fsp3) is 0.118. The van der Waals surface area contributed by atoms with Gasteiger partial charge < -0.3 is 4.98 Å². The van der Waals surface area contributed by atoms with E-state index in [1.165, 1.54) is 10.9 Å². The zero-order valence-corrected chi connectivity index (χ0v) is 12.7. The van der Waals surface area contributed by atoms with E-state index in [2.05, 4.69) is 15.0 Å². The van der Waals surface area contributed by atoms with Gasteiger partial charge in [-0.3, -0.25) is 9.78 Å². The second-order valence-electron chi connectivity index (χ2n) is 5.65. The van der Waals surface area contributed by atoms with Crippen molar-refractivity contribution < 1.29 is 0 Å². The van der Waals surface area contributed by atoms with Crippen molar-refractivity contribution in [2.24, 2.45) is 0 Å². The van der Waals surface area contributed by atoms with Crippen LogP contribution in [0.5, 0.6) is 0 Å². The van der Waals surface area contributed by atoms with Gasteiger partial charge >= 0.3 is 5.69 Å². The highest BCUT2D eigenvalue weighted by atomic mass is 16.2. The van der Waals surface area contributed by atoms with Crippen LogP contribution in [0.25, 0.3) is 27.6 Å². The van der Waals surface area contributed by atoms with Crippen LogP contribution < -0.4 is 11.2 Å². The van der Waals surface area contributed by atoms with E-state index < -0.39 is 11.2 Å². The summed E-state index contributed by atoms with van der Waals surface area (Å²) >= 11 is 0. The van der Waals surface area contributed by atoms with E-state index in [4.69, 9.17) is 0 Å². The molecule has 6 nitrogen and oxygen atoms in total. The first-order chi connectivity index (χ1) is 11.1. The van der Waals surface area contributed by atoms with Gasteiger partial charge in [0.25, 0.3) is 5.56 Å². The van der Waals surface area contributed by atoms with Gasteiger partial charge in [0, 0.05) is 5.39 Å². The first-order valence-electron chi connectivity index (χ1n) is 7.25. The zero-order valence-electron chi connectivity index (χ0n) is 12.7. The van der Waals surface area contributed by atoms with E-state index in [0.29, 0.717) is 5.69 Å². The molecule has 6 heteroatoms. The number of aryl methyl sites for hydroxylation is 2. The predicted molar refractivity (Wildman–Crippen MR) is 89.3 cm³/mol. The Bertz CT molecular complexity index is 1180. The molecular formula is C17H14N4O2. The number of imidazole rings is 1. The van der Waals surface area contributed by atoms with E-state index in [1.807, 2.05) is 44.2 Å². The molecule has 0 aliphatic carbocycles. The molecule has 0 amide bonds. The first kappa shape index (κ1) is 13.5.